The predicted octanol–water partition coefficient (Wildman–Crippen LogP) is 0.979. The van der Waals surface area contributed by atoms with E-state index in [-0.39, 0.29) is 5.91 Å². The molecule has 0 aromatic rings. The van der Waals surface area contributed by atoms with Crippen LogP contribution >= 0.6 is 0 Å². The highest BCUT2D eigenvalue weighted by molar-refractivity contribution is 5.84. The van der Waals surface area contributed by atoms with E-state index in [1.165, 1.54) is 13.0 Å². The molecule has 0 bridgehead atoms. The molecule has 0 aromatic heterocycles. The van der Waals surface area contributed by atoms with E-state index in [1.54, 1.807) is 7.11 Å². The third-order valence-corrected chi connectivity index (χ3v) is 4.28. The summed E-state index contributed by atoms with van der Waals surface area (Å²) in [4.78, 5) is 14.0. The molecule has 20 heavy (non-hydrogen) atoms. The Morgan fingerprint density at radius 2 is 2.25 bits per heavy atom. The number of primary amides is 1. The van der Waals surface area contributed by atoms with Crippen LogP contribution in [0.2, 0.25) is 0 Å². The average molecular weight is 285 g/mol. The summed E-state index contributed by atoms with van der Waals surface area (Å²) in [5, 5.41) is 3.21. The van der Waals surface area contributed by atoms with Gasteiger partial charge in [0, 0.05) is 13.7 Å². The Balaban J connectivity index is 2.19. The Bertz CT molecular complexity index is 299. The van der Waals surface area contributed by atoms with Gasteiger partial charge in [0.05, 0.1) is 12.1 Å². The number of rotatable bonds is 10. The van der Waals surface area contributed by atoms with Gasteiger partial charge < -0.3 is 20.7 Å². The Morgan fingerprint density at radius 1 is 1.50 bits per heavy atom. The fraction of sp³-hybridized carbons (Fsp3) is 0.933. The second-order valence-corrected chi connectivity index (χ2v) is 6.09. The zero-order valence-electron chi connectivity index (χ0n) is 13.3. The first-order valence-corrected chi connectivity index (χ1v) is 7.78. The van der Waals surface area contributed by atoms with Crippen molar-refractivity contribution in [2.24, 2.45) is 11.7 Å². The lowest BCUT2D eigenvalue weighted by Crippen LogP contribution is -2.53. The zero-order valence-corrected chi connectivity index (χ0v) is 13.3. The molecule has 2 atom stereocenters. The number of hydrogen-bond donors (Lipinski definition) is 2. The Morgan fingerprint density at radius 3 is 2.85 bits per heavy atom. The number of carbonyl (C=O) groups excluding carboxylic acids is 1. The Kier molecular flexibility index (Phi) is 7.48. The highest BCUT2D eigenvalue weighted by Crippen LogP contribution is 2.18. The largest absolute Gasteiger partial charge is 0.384 e. The van der Waals surface area contributed by atoms with Crippen LogP contribution in [0.1, 0.15) is 39.5 Å². The number of likely N-dealkylation sites (N-methyl/N-ethyl adjacent to an activating group) is 1. The number of nitrogens with two attached hydrogens (primary N) is 1. The Hall–Kier alpha value is -0.650. The number of nitrogens with zero attached hydrogens (tertiary/aromatic N) is 1. The van der Waals surface area contributed by atoms with Crippen LogP contribution in [-0.4, -0.2) is 56.2 Å². The van der Waals surface area contributed by atoms with Crippen LogP contribution in [0.5, 0.6) is 0 Å². The van der Waals surface area contributed by atoms with Crippen LogP contribution in [-0.2, 0) is 9.53 Å². The monoisotopic (exact) mass is 285 g/mol. The van der Waals surface area contributed by atoms with Crippen molar-refractivity contribution in [2.45, 2.75) is 45.1 Å². The van der Waals surface area contributed by atoms with E-state index in [2.05, 4.69) is 10.2 Å². The van der Waals surface area contributed by atoms with E-state index in [4.69, 9.17) is 10.5 Å². The van der Waals surface area contributed by atoms with Crippen molar-refractivity contribution in [3.8, 4) is 0 Å². The lowest BCUT2D eigenvalue weighted by Gasteiger charge is -2.27. The van der Waals surface area contributed by atoms with Crippen molar-refractivity contribution < 1.29 is 9.53 Å². The van der Waals surface area contributed by atoms with Gasteiger partial charge in [0.25, 0.3) is 0 Å². The van der Waals surface area contributed by atoms with Gasteiger partial charge in [-0.3, -0.25) is 4.79 Å². The van der Waals surface area contributed by atoms with E-state index in [9.17, 15) is 4.79 Å². The maximum Gasteiger partial charge on any atom is 0.237 e. The van der Waals surface area contributed by atoms with E-state index in [1.807, 2.05) is 13.8 Å². The summed E-state index contributed by atoms with van der Waals surface area (Å²) >= 11 is 0. The predicted molar refractivity (Wildman–Crippen MR) is 81.6 cm³/mol. The van der Waals surface area contributed by atoms with Gasteiger partial charge in [-0.1, -0.05) is 6.92 Å². The number of methoxy groups -OCH3 is 1. The summed E-state index contributed by atoms with van der Waals surface area (Å²) < 4.78 is 5.21. The SMILES string of the molecule is CCNC(C)(CCCCN1CCC(COC)C1)C(N)=O. The Labute approximate surface area is 123 Å². The number of ether oxygens (including phenoxy) is 1. The minimum absolute atomic E-state index is 0.249. The molecule has 118 valence electrons. The molecule has 1 aliphatic rings. The molecule has 1 rings (SSSR count). The molecule has 1 saturated heterocycles. The van der Waals surface area contributed by atoms with Crippen LogP contribution in [0.4, 0.5) is 0 Å². The summed E-state index contributed by atoms with van der Waals surface area (Å²) in [5.74, 6) is 0.443. The minimum atomic E-state index is -0.557. The number of amides is 1. The first kappa shape index (κ1) is 17.4. The second kappa shape index (κ2) is 8.60. The number of unbranched alkanes of at least 4 members (excludes halogenated alkanes) is 1. The van der Waals surface area contributed by atoms with Gasteiger partial charge in [-0.25, -0.2) is 0 Å². The van der Waals surface area contributed by atoms with Gasteiger partial charge in [0.15, 0.2) is 0 Å². The van der Waals surface area contributed by atoms with Crippen molar-refractivity contribution in [1.29, 1.82) is 0 Å². The summed E-state index contributed by atoms with van der Waals surface area (Å²) in [5.41, 5.74) is 4.93. The molecule has 0 spiro atoms. The molecule has 1 aliphatic heterocycles. The summed E-state index contributed by atoms with van der Waals surface area (Å²) in [7, 11) is 1.77. The molecule has 0 aromatic carbocycles. The van der Waals surface area contributed by atoms with E-state index < -0.39 is 5.54 Å². The van der Waals surface area contributed by atoms with Crippen LogP contribution < -0.4 is 11.1 Å². The topological polar surface area (TPSA) is 67.6 Å². The van der Waals surface area contributed by atoms with Gasteiger partial charge in [-0.2, -0.15) is 0 Å². The molecule has 3 N–H and O–H groups in total. The molecule has 0 saturated carbocycles. The normalized spacial score (nSPS) is 22.9. The highest BCUT2D eigenvalue weighted by Gasteiger charge is 2.29. The molecule has 5 nitrogen and oxygen atoms in total. The fourth-order valence-electron chi connectivity index (χ4n) is 2.99. The number of carbonyl (C=O) groups is 1. The smallest absolute Gasteiger partial charge is 0.237 e. The highest BCUT2D eigenvalue weighted by atomic mass is 16.5. The fourth-order valence-corrected chi connectivity index (χ4v) is 2.99. The molecule has 2 unspecified atom stereocenters. The molecule has 5 heteroatoms. The van der Waals surface area contributed by atoms with Crippen molar-refractivity contribution in [3.63, 3.8) is 0 Å². The first-order valence-electron chi connectivity index (χ1n) is 7.78. The molecular weight excluding hydrogens is 254 g/mol. The second-order valence-electron chi connectivity index (χ2n) is 6.09. The number of hydrogen-bond acceptors (Lipinski definition) is 4. The molecule has 1 heterocycles. The molecule has 0 aliphatic carbocycles. The zero-order chi connectivity index (χ0) is 15.0. The van der Waals surface area contributed by atoms with Crippen molar-refractivity contribution in [1.82, 2.24) is 10.2 Å². The third kappa shape index (κ3) is 5.38. The number of likely N-dealkylation sites (tertiary alicyclic amines) is 1. The van der Waals surface area contributed by atoms with Crippen LogP contribution in [0, 0.1) is 5.92 Å². The average Bonchev–Trinajstić information content (AvgIpc) is 2.83. The number of nitrogens with one attached hydrogen (secondary N) is 1. The standard InChI is InChI=1S/C15H31N3O2/c1-4-17-15(2,14(16)19)8-5-6-9-18-10-7-13(11-18)12-20-3/h13,17H,4-12H2,1-3H3,(H2,16,19). The van der Waals surface area contributed by atoms with Crippen LogP contribution in [0.15, 0.2) is 0 Å². The van der Waals surface area contributed by atoms with E-state index in [0.717, 1.165) is 45.5 Å². The molecule has 0 radical (unpaired) electrons. The van der Waals surface area contributed by atoms with Crippen molar-refractivity contribution in [2.75, 3.05) is 39.9 Å². The summed E-state index contributed by atoms with van der Waals surface area (Å²) in [6.07, 6.45) is 4.20. The van der Waals surface area contributed by atoms with Gasteiger partial charge in [0.2, 0.25) is 5.91 Å². The lowest BCUT2D eigenvalue weighted by atomic mass is 9.94. The third-order valence-electron chi connectivity index (χ3n) is 4.28. The molecule has 1 fully saturated rings. The van der Waals surface area contributed by atoms with E-state index >= 15 is 0 Å². The van der Waals surface area contributed by atoms with E-state index in [0.29, 0.717) is 5.92 Å². The molecule has 1 amide bonds. The lowest BCUT2D eigenvalue weighted by molar-refractivity contribution is -0.124. The van der Waals surface area contributed by atoms with Gasteiger partial charge in [-0.05, 0) is 58.2 Å². The maximum absolute atomic E-state index is 11.5. The summed E-state index contributed by atoms with van der Waals surface area (Å²) in [6, 6.07) is 0. The molecular formula is C15H31N3O2. The van der Waals surface area contributed by atoms with Crippen LogP contribution in [0.3, 0.4) is 0 Å². The van der Waals surface area contributed by atoms with Gasteiger partial charge in [0.1, 0.15) is 0 Å². The van der Waals surface area contributed by atoms with Crippen molar-refractivity contribution >= 4 is 5.91 Å². The van der Waals surface area contributed by atoms with Crippen molar-refractivity contribution in [3.05, 3.63) is 0 Å². The van der Waals surface area contributed by atoms with Gasteiger partial charge in [-0.15, -0.1) is 0 Å². The minimum Gasteiger partial charge on any atom is -0.384 e. The quantitative estimate of drug-likeness (QED) is 0.587. The van der Waals surface area contributed by atoms with Crippen LogP contribution in [0.25, 0.3) is 0 Å². The summed E-state index contributed by atoms with van der Waals surface area (Å²) in [6.45, 7) is 8.98. The maximum atomic E-state index is 11.5. The van der Waals surface area contributed by atoms with Gasteiger partial charge >= 0.3 is 0 Å². The first-order chi connectivity index (χ1) is 9.51.